The third kappa shape index (κ3) is 4.20. The quantitative estimate of drug-likeness (QED) is 0.708. The number of benzene rings is 2. The fraction of sp³-hybridized carbons (Fsp3) is 0.286. The van der Waals surface area contributed by atoms with E-state index in [0.717, 1.165) is 11.1 Å². The molecule has 7 heteroatoms. The Morgan fingerprint density at radius 3 is 2.21 bits per heavy atom. The summed E-state index contributed by atoms with van der Waals surface area (Å²) in [5.74, 6) is -2.16. The van der Waals surface area contributed by atoms with Gasteiger partial charge in [0.2, 0.25) is 5.91 Å². The van der Waals surface area contributed by atoms with Gasteiger partial charge in [0, 0.05) is 13.5 Å². The molecule has 28 heavy (non-hydrogen) atoms. The second-order valence-corrected chi connectivity index (χ2v) is 6.93. The molecule has 1 fully saturated rings. The summed E-state index contributed by atoms with van der Waals surface area (Å²) in [4.78, 5) is 36.5. The van der Waals surface area contributed by atoms with Crippen LogP contribution in [0.3, 0.4) is 0 Å². The molecular weight excluding hydrogens is 360 g/mol. The summed E-state index contributed by atoms with van der Waals surface area (Å²) < 4.78 is 0. The summed E-state index contributed by atoms with van der Waals surface area (Å²) in [6.45, 7) is 1.75. The van der Waals surface area contributed by atoms with Crippen LogP contribution in [0.2, 0.25) is 0 Å². The Labute approximate surface area is 162 Å². The van der Waals surface area contributed by atoms with Gasteiger partial charge < -0.3 is 15.5 Å². The molecular formula is C21H22N2O5. The summed E-state index contributed by atoms with van der Waals surface area (Å²) in [5, 5.41) is 21.7. The Kier molecular flexibility index (Phi) is 5.75. The number of carboxylic acids is 2. The van der Waals surface area contributed by atoms with E-state index in [2.05, 4.69) is 5.32 Å². The van der Waals surface area contributed by atoms with Crippen molar-refractivity contribution in [1.29, 1.82) is 0 Å². The lowest BCUT2D eigenvalue weighted by Gasteiger charge is -2.30. The Morgan fingerprint density at radius 1 is 1.04 bits per heavy atom. The minimum atomic E-state index is -1.01. The first-order chi connectivity index (χ1) is 13.4. The van der Waals surface area contributed by atoms with Crippen molar-refractivity contribution >= 4 is 17.8 Å². The molecule has 1 amide bonds. The number of nitrogens with zero attached hydrogens (tertiary/aromatic N) is 1. The van der Waals surface area contributed by atoms with Crippen LogP contribution in [0.4, 0.5) is 0 Å². The van der Waals surface area contributed by atoms with Gasteiger partial charge in [0.05, 0.1) is 17.6 Å². The van der Waals surface area contributed by atoms with E-state index in [1.165, 1.54) is 19.1 Å². The fourth-order valence-corrected chi connectivity index (χ4v) is 3.82. The Bertz CT molecular complexity index is 866. The van der Waals surface area contributed by atoms with Crippen molar-refractivity contribution in [2.45, 2.75) is 38.0 Å². The molecule has 0 bridgehead atoms. The summed E-state index contributed by atoms with van der Waals surface area (Å²) in [6.07, 6.45) is 0.293. The molecule has 1 heterocycles. The number of rotatable bonds is 6. The van der Waals surface area contributed by atoms with Crippen LogP contribution < -0.4 is 5.32 Å². The van der Waals surface area contributed by atoms with E-state index in [9.17, 15) is 19.5 Å². The number of hydrogen-bond acceptors (Lipinski definition) is 4. The second kappa shape index (κ2) is 8.22. The van der Waals surface area contributed by atoms with Crippen molar-refractivity contribution in [1.82, 2.24) is 10.2 Å². The lowest BCUT2D eigenvalue weighted by atomic mass is 9.99. The van der Waals surface area contributed by atoms with Crippen molar-refractivity contribution in [3.63, 3.8) is 0 Å². The van der Waals surface area contributed by atoms with Gasteiger partial charge in [-0.2, -0.15) is 0 Å². The molecule has 7 nitrogen and oxygen atoms in total. The molecule has 0 aromatic heterocycles. The van der Waals surface area contributed by atoms with Gasteiger partial charge in [-0.3, -0.25) is 14.5 Å². The number of nitrogens with one attached hydrogen (secondary N) is 1. The van der Waals surface area contributed by atoms with E-state index >= 15 is 0 Å². The van der Waals surface area contributed by atoms with Crippen LogP contribution in [0.25, 0.3) is 0 Å². The number of carbonyl (C=O) groups is 3. The molecule has 0 aliphatic carbocycles. The van der Waals surface area contributed by atoms with Crippen LogP contribution >= 0.6 is 0 Å². The van der Waals surface area contributed by atoms with Crippen molar-refractivity contribution in [3.05, 3.63) is 71.3 Å². The zero-order valence-electron chi connectivity index (χ0n) is 15.4. The van der Waals surface area contributed by atoms with Crippen LogP contribution in [0.1, 0.15) is 40.9 Å². The highest BCUT2D eigenvalue weighted by atomic mass is 16.4. The number of likely N-dealkylation sites (tertiary alicyclic amines) is 1. The third-order valence-electron chi connectivity index (χ3n) is 5.00. The summed E-state index contributed by atoms with van der Waals surface area (Å²) >= 11 is 0. The molecule has 0 saturated carbocycles. The van der Waals surface area contributed by atoms with Gasteiger partial charge >= 0.3 is 11.9 Å². The predicted octanol–water partition coefficient (Wildman–Crippen LogP) is 2.29. The lowest BCUT2D eigenvalue weighted by Crippen LogP contribution is -2.39. The predicted molar refractivity (Wildman–Crippen MR) is 102 cm³/mol. The van der Waals surface area contributed by atoms with Gasteiger partial charge in [0.25, 0.3) is 0 Å². The topological polar surface area (TPSA) is 107 Å². The standard InChI is InChI=1S/C21H22N2O5/c1-13(24)22-17-11-18(21(27)28)23(19(17)15-5-3-2-4-6-15)12-14-7-9-16(10-8-14)20(25)26/h2-10,17-19H,11-12H2,1H3,(H,22,24)(H,25,26)(H,27,28)/t17-,18+,19+/m1/s1. The molecule has 3 rings (SSSR count). The molecule has 2 aromatic rings. The van der Waals surface area contributed by atoms with E-state index in [4.69, 9.17) is 5.11 Å². The Hall–Kier alpha value is -3.19. The first-order valence-electron chi connectivity index (χ1n) is 8.99. The van der Waals surface area contributed by atoms with Gasteiger partial charge in [0.15, 0.2) is 0 Å². The van der Waals surface area contributed by atoms with Crippen molar-refractivity contribution < 1.29 is 24.6 Å². The SMILES string of the molecule is CC(=O)N[C@@H]1C[C@@H](C(=O)O)N(Cc2ccc(C(=O)O)cc2)[C@H]1c1ccccc1. The average Bonchev–Trinajstić information content (AvgIpc) is 3.00. The number of aromatic carboxylic acids is 1. The van der Waals surface area contributed by atoms with Crippen LogP contribution in [0.15, 0.2) is 54.6 Å². The number of hydrogen-bond donors (Lipinski definition) is 3. The third-order valence-corrected chi connectivity index (χ3v) is 5.00. The number of carboxylic acid groups (broad SMARTS) is 2. The maximum absolute atomic E-state index is 11.9. The number of amides is 1. The molecule has 1 aliphatic rings. The van der Waals surface area contributed by atoms with Gasteiger partial charge in [-0.25, -0.2) is 4.79 Å². The van der Waals surface area contributed by atoms with E-state index in [1.807, 2.05) is 35.2 Å². The number of carbonyl (C=O) groups excluding carboxylic acids is 1. The maximum Gasteiger partial charge on any atom is 0.335 e. The molecule has 1 saturated heterocycles. The summed E-state index contributed by atoms with van der Waals surface area (Å²) in [6, 6.07) is 14.5. The van der Waals surface area contributed by atoms with Crippen LogP contribution in [0, 0.1) is 0 Å². The van der Waals surface area contributed by atoms with E-state index in [-0.39, 0.29) is 23.6 Å². The molecule has 0 radical (unpaired) electrons. The van der Waals surface area contributed by atoms with Crippen LogP contribution in [-0.4, -0.2) is 45.0 Å². The Morgan fingerprint density at radius 2 is 1.68 bits per heavy atom. The van der Waals surface area contributed by atoms with Crippen molar-refractivity contribution in [2.75, 3.05) is 0 Å². The minimum Gasteiger partial charge on any atom is -0.480 e. The van der Waals surface area contributed by atoms with Crippen molar-refractivity contribution in [2.24, 2.45) is 0 Å². The highest BCUT2D eigenvalue weighted by Crippen LogP contribution is 2.38. The normalized spacial score (nSPS) is 22.0. The molecule has 3 atom stereocenters. The van der Waals surface area contributed by atoms with Gasteiger partial charge in [-0.05, 0) is 29.7 Å². The monoisotopic (exact) mass is 382 g/mol. The van der Waals surface area contributed by atoms with Gasteiger partial charge in [-0.1, -0.05) is 42.5 Å². The highest BCUT2D eigenvalue weighted by Gasteiger charge is 2.45. The summed E-state index contributed by atoms with van der Waals surface area (Å²) in [7, 11) is 0. The smallest absolute Gasteiger partial charge is 0.335 e. The molecule has 1 aliphatic heterocycles. The molecule has 2 aromatic carbocycles. The lowest BCUT2D eigenvalue weighted by molar-refractivity contribution is -0.143. The van der Waals surface area contributed by atoms with E-state index < -0.39 is 18.0 Å². The fourth-order valence-electron chi connectivity index (χ4n) is 3.82. The zero-order valence-corrected chi connectivity index (χ0v) is 15.4. The zero-order chi connectivity index (χ0) is 20.3. The van der Waals surface area contributed by atoms with Crippen LogP contribution in [0.5, 0.6) is 0 Å². The maximum atomic E-state index is 11.9. The molecule has 0 unspecified atom stereocenters. The molecule has 146 valence electrons. The first-order valence-corrected chi connectivity index (χ1v) is 8.99. The van der Waals surface area contributed by atoms with Crippen LogP contribution in [-0.2, 0) is 16.1 Å². The largest absolute Gasteiger partial charge is 0.480 e. The molecule has 3 N–H and O–H groups in total. The number of aliphatic carboxylic acids is 1. The highest BCUT2D eigenvalue weighted by molar-refractivity contribution is 5.87. The second-order valence-electron chi connectivity index (χ2n) is 6.93. The van der Waals surface area contributed by atoms with Gasteiger partial charge in [-0.15, -0.1) is 0 Å². The van der Waals surface area contributed by atoms with Crippen molar-refractivity contribution in [3.8, 4) is 0 Å². The van der Waals surface area contributed by atoms with Gasteiger partial charge in [0.1, 0.15) is 6.04 Å². The Balaban J connectivity index is 1.95. The van der Waals surface area contributed by atoms with E-state index in [1.54, 1.807) is 12.1 Å². The minimum absolute atomic E-state index is 0.177. The average molecular weight is 382 g/mol. The molecule has 0 spiro atoms. The first kappa shape index (κ1) is 19.6. The summed E-state index contributed by atoms with van der Waals surface area (Å²) in [5.41, 5.74) is 1.91. The van der Waals surface area contributed by atoms with E-state index in [0.29, 0.717) is 13.0 Å².